The second-order valence-corrected chi connectivity index (χ2v) is 7.03. The predicted octanol–water partition coefficient (Wildman–Crippen LogP) is 4.75. The molecule has 1 unspecified atom stereocenters. The Morgan fingerprint density at radius 3 is 2.72 bits per heavy atom. The van der Waals surface area contributed by atoms with Crippen molar-refractivity contribution >= 4 is 17.3 Å². The first-order valence-electron chi connectivity index (χ1n) is 8.41. The molecule has 0 aliphatic carbocycles. The fourth-order valence-electron chi connectivity index (χ4n) is 3.99. The Morgan fingerprint density at radius 1 is 1.08 bits per heavy atom. The van der Waals surface area contributed by atoms with Crippen LogP contribution in [0, 0.1) is 0 Å². The SMILES string of the molecule is FC(F)(F)c1cc(Cl)ccc1-c1cccc2c1N1CCNCCC1C2. The van der Waals surface area contributed by atoms with Crippen LogP contribution < -0.4 is 10.2 Å². The van der Waals surface area contributed by atoms with Crippen molar-refractivity contribution < 1.29 is 13.2 Å². The van der Waals surface area contributed by atoms with Crippen LogP contribution in [0.3, 0.4) is 0 Å². The van der Waals surface area contributed by atoms with Gasteiger partial charge in [-0.3, -0.25) is 0 Å². The number of anilines is 1. The molecule has 4 rings (SSSR count). The number of hydrogen-bond acceptors (Lipinski definition) is 2. The molecular formula is C19H18ClF3N2. The van der Waals surface area contributed by atoms with E-state index in [-0.39, 0.29) is 10.6 Å². The van der Waals surface area contributed by atoms with Crippen LogP contribution in [0.4, 0.5) is 18.9 Å². The average molecular weight is 367 g/mol. The zero-order valence-corrected chi connectivity index (χ0v) is 14.3. The van der Waals surface area contributed by atoms with Crippen molar-refractivity contribution in [2.75, 3.05) is 24.5 Å². The smallest absolute Gasteiger partial charge is 0.366 e. The first kappa shape index (κ1) is 16.7. The third-order valence-corrected chi connectivity index (χ3v) is 5.30. The maximum Gasteiger partial charge on any atom is 0.417 e. The molecule has 2 aromatic carbocycles. The molecule has 2 aliphatic heterocycles. The summed E-state index contributed by atoms with van der Waals surface area (Å²) in [5.74, 6) is 0. The molecule has 1 N–H and O–H groups in total. The summed E-state index contributed by atoms with van der Waals surface area (Å²) in [5, 5.41) is 3.47. The number of nitrogens with zero attached hydrogens (tertiary/aromatic N) is 1. The van der Waals surface area contributed by atoms with Gasteiger partial charge in [0.1, 0.15) is 0 Å². The summed E-state index contributed by atoms with van der Waals surface area (Å²) in [6, 6.07) is 10.1. The molecular weight excluding hydrogens is 349 g/mol. The van der Waals surface area contributed by atoms with Crippen LogP contribution in [0.25, 0.3) is 11.1 Å². The van der Waals surface area contributed by atoms with Crippen molar-refractivity contribution in [3.05, 3.63) is 52.5 Å². The highest BCUT2D eigenvalue weighted by Gasteiger charge is 2.37. The molecule has 2 aromatic rings. The van der Waals surface area contributed by atoms with E-state index in [4.69, 9.17) is 11.6 Å². The van der Waals surface area contributed by atoms with Gasteiger partial charge in [-0.2, -0.15) is 13.2 Å². The lowest BCUT2D eigenvalue weighted by molar-refractivity contribution is -0.137. The van der Waals surface area contributed by atoms with E-state index in [1.54, 1.807) is 6.07 Å². The normalized spacial score (nSPS) is 20.2. The van der Waals surface area contributed by atoms with E-state index < -0.39 is 11.7 Å². The molecule has 1 fully saturated rings. The van der Waals surface area contributed by atoms with Crippen LogP contribution in [-0.4, -0.2) is 25.7 Å². The molecule has 132 valence electrons. The van der Waals surface area contributed by atoms with Gasteiger partial charge in [0.25, 0.3) is 0 Å². The zero-order valence-electron chi connectivity index (χ0n) is 13.5. The minimum atomic E-state index is -4.44. The molecule has 2 nitrogen and oxygen atoms in total. The topological polar surface area (TPSA) is 15.3 Å². The summed E-state index contributed by atoms with van der Waals surface area (Å²) in [6.07, 6.45) is -2.55. The third kappa shape index (κ3) is 3.00. The molecule has 0 aromatic heterocycles. The molecule has 2 heterocycles. The Kier molecular flexibility index (Phi) is 4.16. The van der Waals surface area contributed by atoms with E-state index in [0.717, 1.165) is 49.8 Å². The molecule has 1 saturated heterocycles. The van der Waals surface area contributed by atoms with Gasteiger partial charge in [-0.15, -0.1) is 0 Å². The maximum atomic E-state index is 13.6. The molecule has 6 heteroatoms. The Morgan fingerprint density at radius 2 is 1.92 bits per heavy atom. The average Bonchev–Trinajstić information content (AvgIpc) is 2.76. The van der Waals surface area contributed by atoms with Gasteiger partial charge in [-0.25, -0.2) is 0 Å². The third-order valence-electron chi connectivity index (χ3n) is 5.06. The van der Waals surface area contributed by atoms with Crippen LogP contribution in [0.5, 0.6) is 0 Å². The lowest BCUT2D eigenvalue weighted by Crippen LogP contribution is -2.33. The first-order valence-corrected chi connectivity index (χ1v) is 8.79. The standard InChI is InChI=1S/C19H18ClF3N2/c20-13-4-5-15(17(11-13)19(21,22)23)16-3-1-2-12-10-14-6-7-24-8-9-25(14)18(12)16/h1-5,11,14,24H,6-10H2. The van der Waals surface area contributed by atoms with Crippen LogP contribution >= 0.6 is 11.6 Å². The van der Waals surface area contributed by atoms with E-state index in [9.17, 15) is 13.2 Å². The zero-order chi connectivity index (χ0) is 17.6. The number of para-hydroxylation sites is 1. The summed E-state index contributed by atoms with van der Waals surface area (Å²) in [4.78, 5) is 2.28. The van der Waals surface area contributed by atoms with Crippen molar-refractivity contribution in [1.82, 2.24) is 5.32 Å². The van der Waals surface area contributed by atoms with Gasteiger partial charge in [-0.05, 0) is 42.6 Å². The van der Waals surface area contributed by atoms with Crippen molar-refractivity contribution in [2.45, 2.75) is 25.1 Å². The largest absolute Gasteiger partial charge is 0.417 e. The summed E-state index contributed by atoms with van der Waals surface area (Å²) in [6.45, 7) is 2.60. The molecule has 25 heavy (non-hydrogen) atoms. The maximum absolute atomic E-state index is 13.6. The monoisotopic (exact) mass is 366 g/mol. The minimum absolute atomic E-state index is 0.0977. The Balaban J connectivity index is 1.89. The highest BCUT2D eigenvalue weighted by molar-refractivity contribution is 6.30. The summed E-state index contributed by atoms with van der Waals surface area (Å²) in [5.41, 5.74) is 2.25. The summed E-state index contributed by atoms with van der Waals surface area (Å²) >= 11 is 5.84. The van der Waals surface area contributed by atoms with E-state index in [1.807, 2.05) is 12.1 Å². The highest BCUT2D eigenvalue weighted by Crippen LogP contribution is 2.46. The minimum Gasteiger partial charge on any atom is -0.366 e. The number of benzene rings is 2. The lowest BCUT2D eigenvalue weighted by atomic mass is 9.95. The fourth-order valence-corrected chi connectivity index (χ4v) is 4.16. The fraction of sp³-hybridized carbons (Fsp3) is 0.368. The summed E-state index contributed by atoms with van der Waals surface area (Å²) < 4.78 is 40.7. The van der Waals surface area contributed by atoms with Crippen molar-refractivity contribution in [1.29, 1.82) is 0 Å². The molecule has 0 saturated carbocycles. The van der Waals surface area contributed by atoms with E-state index >= 15 is 0 Å². The predicted molar refractivity (Wildman–Crippen MR) is 94.2 cm³/mol. The van der Waals surface area contributed by atoms with Crippen LogP contribution in [0.1, 0.15) is 17.5 Å². The Labute approximate surface area is 149 Å². The molecule has 0 spiro atoms. The van der Waals surface area contributed by atoms with E-state index in [1.165, 1.54) is 12.1 Å². The Bertz CT molecular complexity index is 804. The first-order chi connectivity index (χ1) is 11.9. The quantitative estimate of drug-likeness (QED) is 0.783. The van der Waals surface area contributed by atoms with E-state index in [2.05, 4.69) is 10.2 Å². The molecule has 0 amide bonds. The van der Waals surface area contributed by atoms with Crippen molar-refractivity contribution in [2.24, 2.45) is 0 Å². The number of nitrogens with one attached hydrogen (secondary N) is 1. The van der Waals surface area contributed by atoms with Gasteiger partial charge in [-0.1, -0.05) is 35.9 Å². The number of alkyl halides is 3. The number of halogens is 4. The lowest BCUT2D eigenvalue weighted by Gasteiger charge is -2.27. The van der Waals surface area contributed by atoms with Gasteiger partial charge in [0.15, 0.2) is 0 Å². The summed E-state index contributed by atoms with van der Waals surface area (Å²) in [7, 11) is 0. The van der Waals surface area contributed by atoms with Crippen LogP contribution in [0.15, 0.2) is 36.4 Å². The van der Waals surface area contributed by atoms with E-state index in [0.29, 0.717) is 11.6 Å². The van der Waals surface area contributed by atoms with Crippen LogP contribution in [0.2, 0.25) is 5.02 Å². The number of hydrogen-bond donors (Lipinski definition) is 1. The second-order valence-electron chi connectivity index (χ2n) is 6.59. The molecule has 2 aliphatic rings. The van der Waals surface area contributed by atoms with Gasteiger partial charge in [0.05, 0.1) is 5.56 Å². The van der Waals surface area contributed by atoms with Gasteiger partial charge < -0.3 is 10.2 Å². The number of rotatable bonds is 1. The van der Waals surface area contributed by atoms with Crippen LogP contribution in [-0.2, 0) is 12.6 Å². The van der Waals surface area contributed by atoms with Crippen molar-refractivity contribution in [3.63, 3.8) is 0 Å². The van der Waals surface area contributed by atoms with Gasteiger partial charge in [0, 0.05) is 35.4 Å². The second kappa shape index (κ2) is 6.22. The molecule has 1 atom stereocenters. The van der Waals surface area contributed by atoms with Gasteiger partial charge >= 0.3 is 6.18 Å². The molecule has 0 bridgehead atoms. The van der Waals surface area contributed by atoms with Gasteiger partial charge in [0.2, 0.25) is 0 Å². The molecule has 0 radical (unpaired) electrons. The number of fused-ring (bicyclic) bond motifs is 3. The van der Waals surface area contributed by atoms with Crippen molar-refractivity contribution in [3.8, 4) is 11.1 Å². The highest BCUT2D eigenvalue weighted by atomic mass is 35.5. The Hall–Kier alpha value is -1.72.